The first-order valence-electron chi connectivity index (χ1n) is 11.1. The Kier molecular flexibility index (Phi) is 6.70. The van der Waals surface area contributed by atoms with Crippen molar-refractivity contribution in [2.24, 2.45) is 0 Å². The number of aromatic nitrogens is 4. The van der Waals surface area contributed by atoms with Crippen molar-refractivity contribution in [3.05, 3.63) is 60.3 Å². The van der Waals surface area contributed by atoms with E-state index >= 15 is 0 Å². The van der Waals surface area contributed by atoms with Gasteiger partial charge in [-0.25, -0.2) is 9.97 Å². The molecule has 5 rings (SSSR count). The Bertz CT molecular complexity index is 1290. The predicted molar refractivity (Wildman–Crippen MR) is 133 cm³/mol. The summed E-state index contributed by atoms with van der Waals surface area (Å²) in [5.41, 5.74) is 2.51. The number of rotatable bonds is 7. The van der Waals surface area contributed by atoms with Gasteiger partial charge in [-0.2, -0.15) is 5.10 Å². The molecule has 1 amide bonds. The van der Waals surface area contributed by atoms with Gasteiger partial charge in [0.25, 0.3) is 0 Å². The first-order chi connectivity index (χ1) is 16.6. The van der Waals surface area contributed by atoms with Crippen LogP contribution in [0.4, 0.5) is 17.3 Å². The van der Waals surface area contributed by atoms with Gasteiger partial charge in [-0.05, 0) is 55.1 Å². The topological polar surface area (TPSA) is 108 Å². The Balaban J connectivity index is 1.28. The van der Waals surface area contributed by atoms with E-state index in [1.165, 1.54) is 11.8 Å². The summed E-state index contributed by atoms with van der Waals surface area (Å²) in [5, 5.41) is 15.0. The molecule has 4 aromatic rings. The second-order valence-corrected chi connectivity index (χ2v) is 9.02. The van der Waals surface area contributed by atoms with Crippen LogP contribution in [-0.4, -0.2) is 63.8 Å². The molecule has 2 aromatic carbocycles. The molecule has 1 aliphatic heterocycles. The van der Waals surface area contributed by atoms with E-state index in [1.54, 1.807) is 0 Å². The minimum atomic E-state index is -0.0232. The number of nitrogens with zero attached hydrogens (tertiary/aromatic N) is 4. The van der Waals surface area contributed by atoms with Crippen LogP contribution in [0.2, 0.25) is 0 Å². The molecule has 0 spiro atoms. The molecular weight excluding hydrogens is 450 g/mol. The Morgan fingerprint density at radius 1 is 1.12 bits per heavy atom. The third-order valence-corrected chi connectivity index (χ3v) is 6.23. The van der Waals surface area contributed by atoms with Gasteiger partial charge in [-0.1, -0.05) is 12.1 Å². The summed E-state index contributed by atoms with van der Waals surface area (Å²) in [6.07, 6.45) is 0. The number of aromatic amines is 1. The number of anilines is 3. The number of benzene rings is 2. The first kappa shape index (κ1) is 22.3. The Hall–Kier alpha value is -3.47. The molecule has 2 aromatic heterocycles. The second-order valence-electron chi connectivity index (χ2n) is 7.98. The molecule has 3 heterocycles. The predicted octanol–water partition coefficient (Wildman–Crippen LogP) is 3.83. The van der Waals surface area contributed by atoms with E-state index in [0.29, 0.717) is 30.7 Å². The van der Waals surface area contributed by atoms with Gasteiger partial charge < -0.3 is 15.4 Å². The van der Waals surface area contributed by atoms with E-state index in [4.69, 9.17) is 14.7 Å². The zero-order valence-electron chi connectivity index (χ0n) is 18.7. The van der Waals surface area contributed by atoms with Crippen LogP contribution in [-0.2, 0) is 9.53 Å². The summed E-state index contributed by atoms with van der Waals surface area (Å²) in [5.74, 6) is 1.46. The number of morpholine rings is 1. The van der Waals surface area contributed by atoms with Crippen LogP contribution in [0.1, 0.15) is 5.69 Å². The Labute approximate surface area is 201 Å². The van der Waals surface area contributed by atoms with E-state index in [9.17, 15) is 4.79 Å². The van der Waals surface area contributed by atoms with E-state index in [2.05, 4.69) is 25.7 Å². The summed E-state index contributed by atoms with van der Waals surface area (Å²) in [6.45, 7) is 5.22. The number of hydrogen-bond donors (Lipinski definition) is 3. The van der Waals surface area contributed by atoms with Crippen molar-refractivity contribution in [3.63, 3.8) is 0 Å². The molecule has 0 aliphatic carbocycles. The SMILES string of the molecule is Cc1cc(Nc2nc(Sc3ccc(NC(=O)CN4CCOCC4)cc3)nc3ccccc23)[nH]n1. The van der Waals surface area contributed by atoms with Crippen LogP contribution < -0.4 is 10.6 Å². The smallest absolute Gasteiger partial charge is 0.238 e. The molecule has 0 atom stereocenters. The number of aryl methyl sites for hydroxylation is 1. The normalized spacial score (nSPS) is 14.3. The lowest BCUT2D eigenvalue weighted by atomic mass is 10.2. The number of H-pyrrole nitrogens is 1. The van der Waals surface area contributed by atoms with Crippen LogP contribution >= 0.6 is 11.8 Å². The lowest BCUT2D eigenvalue weighted by Gasteiger charge is -2.25. The van der Waals surface area contributed by atoms with Crippen LogP contribution in [0.3, 0.4) is 0 Å². The summed E-state index contributed by atoms with van der Waals surface area (Å²) in [6, 6.07) is 17.5. The second kappa shape index (κ2) is 10.2. The summed E-state index contributed by atoms with van der Waals surface area (Å²) in [4.78, 5) is 24.9. The number of carbonyl (C=O) groups is 1. The lowest BCUT2D eigenvalue weighted by Crippen LogP contribution is -2.41. The quantitative estimate of drug-likeness (QED) is 0.346. The molecule has 0 bridgehead atoms. The summed E-state index contributed by atoms with van der Waals surface area (Å²) >= 11 is 1.47. The number of carbonyl (C=O) groups excluding carboxylic acids is 1. The van der Waals surface area contributed by atoms with Crippen molar-refractivity contribution in [3.8, 4) is 0 Å². The van der Waals surface area contributed by atoms with Gasteiger partial charge in [-0.3, -0.25) is 14.8 Å². The minimum Gasteiger partial charge on any atom is -0.379 e. The van der Waals surface area contributed by atoms with Crippen molar-refractivity contribution < 1.29 is 9.53 Å². The number of amides is 1. The van der Waals surface area contributed by atoms with Crippen molar-refractivity contribution in [2.45, 2.75) is 17.0 Å². The standard InChI is InChI=1S/C24H25N7O2S/c1-16-14-21(30-29-16)27-23-19-4-2-3-5-20(19)26-24(28-23)34-18-8-6-17(7-9-18)25-22(32)15-31-10-12-33-13-11-31/h2-9,14H,10-13,15H2,1H3,(H,25,32)(H2,26,27,28,29,30). The molecule has 34 heavy (non-hydrogen) atoms. The lowest BCUT2D eigenvalue weighted by molar-refractivity contribution is -0.118. The highest BCUT2D eigenvalue weighted by molar-refractivity contribution is 7.99. The van der Waals surface area contributed by atoms with Gasteiger partial charge in [-0.15, -0.1) is 0 Å². The van der Waals surface area contributed by atoms with Gasteiger partial charge >= 0.3 is 0 Å². The summed E-state index contributed by atoms with van der Waals surface area (Å²) < 4.78 is 5.33. The zero-order chi connectivity index (χ0) is 23.3. The molecule has 9 nitrogen and oxygen atoms in total. The molecule has 0 radical (unpaired) electrons. The first-order valence-corrected chi connectivity index (χ1v) is 11.9. The fourth-order valence-corrected chi connectivity index (χ4v) is 4.45. The van der Waals surface area contributed by atoms with Gasteiger partial charge in [0.2, 0.25) is 5.91 Å². The number of fused-ring (bicyclic) bond motifs is 1. The number of para-hydroxylation sites is 1. The monoisotopic (exact) mass is 475 g/mol. The highest BCUT2D eigenvalue weighted by Gasteiger charge is 2.14. The number of nitrogens with one attached hydrogen (secondary N) is 3. The molecule has 1 aliphatic rings. The van der Waals surface area contributed by atoms with Crippen LogP contribution in [0, 0.1) is 6.92 Å². The third kappa shape index (κ3) is 5.53. The van der Waals surface area contributed by atoms with Gasteiger partial charge in [0.05, 0.1) is 31.0 Å². The van der Waals surface area contributed by atoms with Crippen molar-refractivity contribution in [2.75, 3.05) is 43.5 Å². The number of hydrogen-bond acceptors (Lipinski definition) is 8. The van der Waals surface area contributed by atoms with Crippen LogP contribution in [0.15, 0.2) is 64.6 Å². The molecular formula is C24H25N7O2S. The van der Waals surface area contributed by atoms with Gasteiger partial charge in [0.1, 0.15) is 11.6 Å². The molecule has 1 fully saturated rings. The van der Waals surface area contributed by atoms with Crippen molar-refractivity contribution >= 4 is 45.9 Å². The van der Waals surface area contributed by atoms with Crippen LogP contribution in [0.25, 0.3) is 10.9 Å². The highest BCUT2D eigenvalue weighted by atomic mass is 32.2. The molecule has 0 saturated carbocycles. The molecule has 3 N–H and O–H groups in total. The third-order valence-electron chi connectivity index (χ3n) is 5.36. The maximum atomic E-state index is 12.3. The average molecular weight is 476 g/mol. The van der Waals surface area contributed by atoms with Crippen molar-refractivity contribution in [1.29, 1.82) is 0 Å². The highest BCUT2D eigenvalue weighted by Crippen LogP contribution is 2.31. The molecule has 0 unspecified atom stereocenters. The van der Waals surface area contributed by atoms with Crippen molar-refractivity contribution in [1.82, 2.24) is 25.1 Å². The van der Waals surface area contributed by atoms with E-state index in [-0.39, 0.29) is 5.91 Å². The summed E-state index contributed by atoms with van der Waals surface area (Å²) in [7, 11) is 0. The Morgan fingerprint density at radius 3 is 2.68 bits per heavy atom. The number of ether oxygens (including phenoxy) is 1. The largest absolute Gasteiger partial charge is 0.379 e. The maximum absolute atomic E-state index is 12.3. The Morgan fingerprint density at radius 2 is 1.91 bits per heavy atom. The minimum absolute atomic E-state index is 0.0232. The average Bonchev–Trinajstić information content (AvgIpc) is 3.25. The van der Waals surface area contributed by atoms with Gasteiger partial charge in [0, 0.05) is 35.1 Å². The van der Waals surface area contributed by atoms with E-state index in [1.807, 2.05) is 61.5 Å². The zero-order valence-corrected chi connectivity index (χ0v) is 19.6. The van der Waals surface area contributed by atoms with E-state index < -0.39 is 0 Å². The van der Waals surface area contributed by atoms with Gasteiger partial charge in [0.15, 0.2) is 5.16 Å². The molecule has 174 valence electrons. The fraction of sp³-hybridized carbons (Fsp3) is 0.250. The maximum Gasteiger partial charge on any atom is 0.238 e. The van der Waals surface area contributed by atoms with E-state index in [0.717, 1.165) is 46.1 Å². The molecule has 1 saturated heterocycles. The molecule has 10 heteroatoms. The van der Waals surface area contributed by atoms with Crippen LogP contribution in [0.5, 0.6) is 0 Å². The fourth-order valence-electron chi connectivity index (χ4n) is 3.68.